The highest BCUT2D eigenvalue weighted by atomic mass is 35.5. The van der Waals surface area contributed by atoms with E-state index in [1.165, 1.54) is 0 Å². The van der Waals surface area contributed by atoms with Crippen LogP contribution in [0.3, 0.4) is 0 Å². The van der Waals surface area contributed by atoms with Crippen molar-refractivity contribution in [1.82, 2.24) is 15.1 Å². The third kappa shape index (κ3) is 3.55. The number of halogens is 1. The summed E-state index contributed by atoms with van der Waals surface area (Å²) in [6.07, 6.45) is 2.25. The Hall–Kier alpha value is -0.910. The van der Waals surface area contributed by atoms with Gasteiger partial charge in [-0.3, -0.25) is 4.90 Å². The second kappa shape index (κ2) is 6.50. The van der Waals surface area contributed by atoms with Gasteiger partial charge in [0.25, 0.3) is 0 Å². The lowest BCUT2D eigenvalue weighted by Gasteiger charge is -2.33. The average molecular weight is 285 g/mol. The highest BCUT2D eigenvalue weighted by molar-refractivity contribution is 6.30. The molecule has 1 aromatic heterocycles. The van der Waals surface area contributed by atoms with Gasteiger partial charge in [0, 0.05) is 19.1 Å². The van der Waals surface area contributed by atoms with Crippen molar-refractivity contribution in [1.29, 1.82) is 0 Å². The zero-order valence-electron chi connectivity index (χ0n) is 11.5. The van der Waals surface area contributed by atoms with Gasteiger partial charge in [-0.2, -0.15) is 0 Å². The lowest BCUT2D eigenvalue weighted by molar-refractivity contribution is 0.166. The molecular weight excluding hydrogens is 264 g/mol. The van der Waals surface area contributed by atoms with Crippen LogP contribution in [0.1, 0.15) is 24.0 Å². The Morgan fingerprint density at radius 1 is 1.37 bits per heavy atom. The van der Waals surface area contributed by atoms with Crippen LogP contribution in [0.25, 0.3) is 0 Å². The number of β-amino-alcohol motifs (C(OH)–C–C–N with tert-alkyl or cyclic N) is 1. The lowest BCUT2D eigenvalue weighted by Crippen LogP contribution is -2.43. The number of anilines is 1. The number of rotatable bonds is 4. The molecule has 106 valence electrons. The maximum atomic E-state index is 9.01. The minimum Gasteiger partial charge on any atom is -0.395 e. The highest BCUT2D eigenvalue weighted by Gasteiger charge is 2.20. The van der Waals surface area contributed by atoms with E-state index in [1.54, 1.807) is 0 Å². The number of nitrogens with one attached hydrogen (secondary N) is 1. The zero-order chi connectivity index (χ0) is 13.8. The first kappa shape index (κ1) is 14.5. The fraction of sp³-hybridized carbons (Fsp3) is 0.692. The molecule has 0 bridgehead atoms. The number of nitrogens with zero attached hydrogens (tertiary/aromatic N) is 3. The molecule has 0 saturated carbocycles. The van der Waals surface area contributed by atoms with Gasteiger partial charge in [0.1, 0.15) is 0 Å². The molecule has 1 aliphatic rings. The van der Waals surface area contributed by atoms with E-state index < -0.39 is 0 Å². The maximum absolute atomic E-state index is 9.01. The lowest BCUT2D eigenvalue weighted by atomic mass is 10.1. The van der Waals surface area contributed by atoms with E-state index in [2.05, 4.69) is 20.4 Å². The van der Waals surface area contributed by atoms with Gasteiger partial charge in [-0.1, -0.05) is 11.6 Å². The minimum atomic E-state index is 0.214. The van der Waals surface area contributed by atoms with E-state index in [-0.39, 0.29) is 6.61 Å². The van der Waals surface area contributed by atoms with E-state index in [1.807, 2.05) is 13.8 Å². The van der Waals surface area contributed by atoms with Crippen molar-refractivity contribution in [3.63, 3.8) is 0 Å². The van der Waals surface area contributed by atoms with Crippen molar-refractivity contribution < 1.29 is 5.11 Å². The van der Waals surface area contributed by atoms with Gasteiger partial charge in [-0.05, 0) is 44.4 Å². The molecule has 1 aromatic rings. The smallest absolute Gasteiger partial charge is 0.155 e. The molecule has 2 rings (SSSR count). The standard InChI is InChI=1S/C13H21ClN4O/c1-9-10(2)13(17-16-12(9)14)15-11-4-3-5-18(8-11)6-7-19/h11,19H,3-8H2,1-2H3,(H,15,17)/t11-/m1/s1. The second-order valence-electron chi connectivity index (χ2n) is 5.10. The van der Waals surface area contributed by atoms with Crippen molar-refractivity contribution >= 4 is 17.4 Å². The van der Waals surface area contributed by atoms with E-state index in [0.29, 0.717) is 11.2 Å². The second-order valence-corrected chi connectivity index (χ2v) is 5.46. The van der Waals surface area contributed by atoms with E-state index >= 15 is 0 Å². The quantitative estimate of drug-likeness (QED) is 0.880. The Kier molecular flexibility index (Phi) is 4.96. The van der Waals surface area contributed by atoms with Gasteiger partial charge in [-0.25, -0.2) is 0 Å². The molecule has 0 radical (unpaired) electrons. The largest absolute Gasteiger partial charge is 0.395 e. The molecule has 19 heavy (non-hydrogen) atoms. The zero-order valence-corrected chi connectivity index (χ0v) is 12.2. The Morgan fingerprint density at radius 3 is 2.89 bits per heavy atom. The van der Waals surface area contributed by atoms with Crippen molar-refractivity contribution in [2.45, 2.75) is 32.7 Å². The van der Waals surface area contributed by atoms with Gasteiger partial charge in [0.05, 0.1) is 6.61 Å². The number of aromatic nitrogens is 2. The molecule has 2 heterocycles. The van der Waals surface area contributed by atoms with Crippen LogP contribution in [0.15, 0.2) is 0 Å². The predicted octanol–water partition coefficient (Wildman–Crippen LogP) is 1.62. The molecule has 1 atom stereocenters. The van der Waals surface area contributed by atoms with Crippen LogP contribution in [-0.2, 0) is 0 Å². The summed E-state index contributed by atoms with van der Waals surface area (Å²) in [7, 11) is 0. The average Bonchev–Trinajstić information content (AvgIpc) is 2.40. The van der Waals surface area contributed by atoms with E-state index in [9.17, 15) is 0 Å². The predicted molar refractivity (Wildman–Crippen MR) is 76.7 cm³/mol. The maximum Gasteiger partial charge on any atom is 0.155 e. The van der Waals surface area contributed by atoms with Crippen LogP contribution >= 0.6 is 11.6 Å². The van der Waals surface area contributed by atoms with Crippen LogP contribution in [-0.4, -0.2) is 52.5 Å². The number of aliphatic hydroxyl groups is 1. The molecule has 0 amide bonds. The molecule has 2 N–H and O–H groups in total. The first-order chi connectivity index (χ1) is 9.11. The normalized spacial score (nSPS) is 20.5. The molecule has 0 aromatic carbocycles. The van der Waals surface area contributed by atoms with Gasteiger partial charge < -0.3 is 10.4 Å². The monoisotopic (exact) mass is 284 g/mol. The van der Waals surface area contributed by atoms with Crippen LogP contribution in [0.4, 0.5) is 5.82 Å². The SMILES string of the molecule is Cc1c(Cl)nnc(N[C@@H]2CCCN(CCO)C2)c1C. The minimum absolute atomic E-state index is 0.214. The summed E-state index contributed by atoms with van der Waals surface area (Å²) in [5.74, 6) is 0.817. The fourth-order valence-corrected chi connectivity index (χ4v) is 2.60. The Morgan fingerprint density at radius 2 is 2.16 bits per heavy atom. The summed E-state index contributed by atoms with van der Waals surface area (Å²) in [6.45, 7) is 6.91. The summed E-state index contributed by atoms with van der Waals surface area (Å²) >= 11 is 5.96. The first-order valence-electron chi connectivity index (χ1n) is 6.71. The summed E-state index contributed by atoms with van der Waals surface area (Å²) in [6, 6.07) is 0.355. The van der Waals surface area contributed by atoms with Crippen LogP contribution in [0, 0.1) is 13.8 Å². The molecule has 0 aliphatic carbocycles. The van der Waals surface area contributed by atoms with Crippen molar-refractivity contribution in [3.8, 4) is 0 Å². The molecular formula is C13H21ClN4O. The van der Waals surface area contributed by atoms with E-state index in [4.69, 9.17) is 16.7 Å². The van der Waals surface area contributed by atoms with Gasteiger partial charge >= 0.3 is 0 Å². The van der Waals surface area contributed by atoms with Crippen LogP contribution in [0.5, 0.6) is 0 Å². The number of hydrogen-bond acceptors (Lipinski definition) is 5. The molecule has 6 heteroatoms. The third-order valence-electron chi connectivity index (χ3n) is 3.73. The van der Waals surface area contributed by atoms with Crippen LogP contribution < -0.4 is 5.32 Å². The van der Waals surface area contributed by atoms with E-state index in [0.717, 1.165) is 49.4 Å². The summed E-state index contributed by atoms with van der Waals surface area (Å²) in [5.41, 5.74) is 2.03. The van der Waals surface area contributed by atoms with Crippen molar-refractivity contribution in [3.05, 3.63) is 16.3 Å². The highest BCUT2D eigenvalue weighted by Crippen LogP contribution is 2.22. The molecule has 5 nitrogen and oxygen atoms in total. The van der Waals surface area contributed by atoms with Crippen molar-refractivity contribution in [2.75, 3.05) is 31.6 Å². The summed E-state index contributed by atoms with van der Waals surface area (Å²) < 4.78 is 0. The van der Waals surface area contributed by atoms with Gasteiger partial charge in [0.2, 0.25) is 0 Å². The molecule has 1 aliphatic heterocycles. The molecule has 1 fully saturated rings. The molecule has 1 saturated heterocycles. The van der Waals surface area contributed by atoms with Crippen LogP contribution in [0.2, 0.25) is 5.15 Å². The first-order valence-corrected chi connectivity index (χ1v) is 7.08. The van der Waals surface area contributed by atoms with Gasteiger partial charge in [-0.15, -0.1) is 10.2 Å². The Balaban J connectivity index is 2.03. The Bertz CT molecular complexity index is 439. The molecule has 0 unspecified atom stereocenters. The van der Waals surface area contributed by atoms with Crippen molar-refractivity contribution in [2.24, 2.45) is 0 Å². The summed E-state index contributed by atoms with van der Waals surface area (Å²) in [5, 5.41) is 21.0. The number of piperidine rings is 1. The fourth-order valence-electron chi connectivity index (χ4n) is 2.42. The third-order valence-corrected chi connectivity index (χ3v) is 4.09. The Labute approximate surface area is 119 Å². The number of likely N-dealkylation sites (tertiary alicyclic amines) is 1. The number of aliphatic hydroxyl groups excluding tert-OH is 1. The summed E-state index contributed by atoms with van der Waals surface area (Å²) in [4.78, 5) is 2.27. The molecule has 0 spiro atoms. The van der Waals surface area contributed by atoms with Gasteiger partial charge in [0.15, 0.2) is 11.0 Å². The topological polar surface area (TPSA) is 61.3 Å². The number of hydrogen-bond donors (Lipinski definition) is 2.